The average molecular weight is 851 g/mol. The van der Waals surface area contributed by atoms with Gasteiger partial charge in [0.25, 0.3) is 20.2 Å². The Balaban J connectivity index is 1.45. The van der Waals surface area contributed by atoms with E-state index >= 15 is 0 Å². The first-order valence-electron chi connectivity index (χ1n) is 15.7. The Bertz CT molecular complexity index is 2750. The molecule has 10 N–H and O–H groups in total. The van der Waals surface area contributed by atoms with Gasteiger partial charge in [-0.3, -0.25) is 9.11 Å². The summed E-state index contributed by atoms with van der Waals surface area (Å²) in [7, 11) is -9.99. The maximum absolute atomic E-state index is 13.6. The van der Waals surface area contributed by atoms with Crippen molar-refractivity contribution in [2.75, 3.05) is 22.9 Å². The number of hydrogen-bond donors (Lipinski definition) is 6. The minimum absolute atomic E-state index is 0.0484. The number of hydrogen-bond acceptors (Lipinski definition) is 14. The van der Waals surface area contributed by atoms with Crippen molar-refractivity contribution in [2.45, 2.75) is 22.5 Å². The number of ether oxygens (including phenoxy) is 2. The minimum atomic E-state index is -5.35. The summed E-state index contributed by atoms with van der Waals surface area (Å²) in [6, 6.07) is 16.6. The normalized spacial score (nSPS) is 12.9. The molecule has 6 rings (SSSR count). The summed E-state index contributed by atoms with van der Waals surface area (Å²) in [4.78, 5) is -1.58. The van der Waals surface area contributed by atoms with E-state index in [1.807, 2.05) is 0 Å². The molecule has 302 valence electrons. The maximum atomic E-state index is 13.6. The highest BCUT2D eigenvalue weighted by Crippen LogP contribution is 2.47. The molecule has 0 heterocycles. The SMILES string of the molecule is Nc1c(N=Nc2ccc(-c3ccc(N=Nc4c(N)c(S(=O)(=O)O)c5ccccc5c4N)c(OC(F)(F)F)c3)cc2OC(F)(F)F)c(N)c2ccccc2c1S(=O)(=O)O. The van der Waals surface area contributed by atoms with Gasteiger partial charge in [-0.25, -0.2) is 0 Å². The molecule has 0 atom stereocenters. The summed E-state index contributed by atoms with van der Waals surface area (Å²) in [6.45, 7) is 0. The summed E-state index contributed by atoms with van der Waals surface area (Å²) < 4.78 is 158. The van der Waals surface area contributed by atoms with E-state index in [0.717, 1.165) is 36.4 Å². The molecule has 58 heavy (non-hydrogen) atoms. The summed E-state index contributed by atoms with van der Waals surface area (Å²) in [5.74, 6) is -2.08. The van der Waals surface area contributed by atoms with E-state index in [2.05, 4.69) is 29.9 Å². The molecule has 0 unspecified atom stereocenters. The molecule has 0 saturated carbocycles. The number of azo groups is 2. The van der Waals surface area contributed by atoms with Gasteiger partial charge in [-0.05, 0) is 35.4 Å². The van der Waals surface area contributed by atoms with E-state index in [0.29, 0.717) is 0 Å². The molecule has 16 nitrogen and oxygen atoms in total. The highest BCUT2D eigenvalue weighted by atomic mass is 32.2. The topological polar surface area (TPSA) is 281 Å². The highest BCUT2D eigenvalue weighted by molar-refractivity contribution is 7.86. The summed E-state index contributed by atoms with van der Waals surface area (Å²) in [6.07, 6.45) is -10.7. The lowest BCUT2D eigenvalue weighted by molar-refractivity contribution is -0.275. The van der Waals surface area contributed by atoms with Crippen molar-refractivity contribution in [2.24, 2.45) is 20.5 Å². The molecule has 0 radical (unpaired) electrons. The first-order chi connectivity index (χ1) is 26.9. The van der Waals surface area contributed by atoms with Gasteiger partial charge in [-0.15, -0.1) is 46.8 Å². The molecule has 0 aliphatic carbocycles. The minimum Gasteiger partial charge on any atom is -0.403 e. The van der Waals surface area contributed by atoms with Crippen LogP contribution in [0.4, 0.5) is 71.8 Å². The fraction of sp³-hybridized carbons (Fsp3) is 0.0588. The average Bonchev–Trinajstić information content (AvgIpc) is 3.10. The number of alkyl halides is 6. The fourth-order valence-corrected chi connectivity index (χ4v) is 7.49. The number of nitrogens with two attached hydrogens (primary N) is 4. The van der Waals surface area contributed by atoms with Crippen LogP contribution in [0.5, 0.6) is 11.5 Å². The second-order valence-electron chi connectivity index (χ2n) is 11.9. The Labute approximate surface area is 321 Å². The van der Waals surface area contributed by atoms with Gasteiger partial charge in [0.1, 0.15) is 32.5 Å². The van der Waals surface area contributed by atoms with Crippen molar-refractivity contribution in [3.05, 3.63) is 84.9 Å². The highest BCUT2D eigenvalue weighted by Gasteiger charge is 2.34. The van der Waals surface area contributed by atoms with Gasteiger partial charge in [0, 0.05) is 21.5 Å². The monoisotopic (exact) mass is 850 g/mol. The Morgan fingerprint density at radius 1 is 0.483 bits per heavy atom. The van der Waals surface area contributed by atoms with E-state index in [1.54, 1.807) is 0 Å². The van der Waals surface area contributed by atoms with Crippen LogP contribution in [0.15, 0.2) is 115 Å². The molecular weight excluding hydrogens is 827 g/mol. The second-order valence-corrected chi connectivity index (χ2v) is 14.6. The van der Waals surface area contributed by atoms with E-state index in [-0.39, 0.29) is 44.0 Å². The van der Waals surface area contributed by atoms with E-state index in [4.69, 9.17) is 22.9 Å². The van der Waals surface area contributed by atoms with Crippen molar-refractivity contribution in [1.29, 1.82) is 0 Å². The van der Waals surface area contributed by atoms with Crippen molar-refractivity contribution < 1.29 is 61.8 Å². The molecule has 0 fully saturated rings. The van der Waals surface area contributed by atoms with Gasteiger partial charge >= 0.3 is 12.7 Å². The Morgan fingerprint density at radius 2 is 0.810 bits per heavy atom. The number of rotatable bonds is 9. The zero-order valence-electron chi connectivity index (χ0n) is 28.6. The molecule has 0 spiro atoms. The van der Waals surface area contributed by atoms with E-state index in [9.17, 15) is 52.3 Å². The van der Waals surface area contributed by atoms with Crippen LogP contribution in [0.3, 0.4) is 0 Å². The first-order valence-corrected chi connectivity index (χ1v) is 18.6. The first kappa shape index (κ1) is 40.9. The molecule has 0 aromatic heterocycles. The Hall–Kier alpha value is -6.76. The van der Waals surface area contributed by atoms with Gasteiger partial charge in [0.05, 0.1) is 22.7 Å². The predicted molar refractivity (Wildman–Crippen MR) is 199 cm³/mol. The van der Waals surface area contributed by atoms with Crippen LogP contribution in [0, 0.1) is 0 Å². The van der Waals surface area contributed by atoms with Gasteiger partial charge in [0.2, 0.25) is 0 Å². The van der Waals surface area contributed by atoms with Gasteiger partial charge in [-0.1, -0.05) is 60.7 Å². The molecular formula is C34H24F6N8O8S2. The summed E-state index contributed by atoms with van der Waals surface area (Å²) in [5, 5.41) is 14.9. The van der Waals surface area contributed by atoms with Crippen molar-refractivity contribution in [3.8, 4) is 22.6 Å². The van der Waals surface area contributed by atoms with Crippen LogP contribution in [-0.2, 0) is 20.2 Å². The van der Waals surface area contributed by atoms with Crippen LogP contribution in [0.1, 0.15) is 0 Å². The largest absolute Gasteiger partial charge is 0.573 e. The number of nitrogens with zero attached hydrogens (tertiary/aromatic N) is 4. The number of fused-ring (bicyclic) bond motifs is 2. The van der Waals surface area contributed by atoms with Crippen LogP contribution in [-0.4, -0.2) is 38.7 Å². The predicted octanol–water partition coefficient (Wildman–Crippen LogP) is 9.11. The smallest absolute Gasteiger partial charge is 0.403 e. The van der Waals surface area contributed by atoms with E-state index < -0.39 is 88.4 Å². The summed E-state index contributed by atoms with van der Waals surface area (Å²) in [5.41, 5.74) is 19.6. The van der Waals surface area contributed by atoms with Crippen LogP contribution >= 0.6 is 0 Å². The van der Waals surface area contributed by atoms with Crippen molar-refractivity contribution in [3.63, 3.8) is 0 Å². The molecule has 6 aromatic rings. The zero-order valence-corrected chi connectivity index (χ0v) is 30.2. The van der Waals surface area contributed by atoms with Crippen molar-refractivity contribution >= 4 is 87.3 Å². The van der Waals surface area contributed by atoms with Crippen LogP contribution in [0.25, 0.3) is 32.7 Å². The zero-order chi connectivity index (χ0) is 42.5. The van der Waals surface area contributed by atoms with E-state index in [1.165, 1.54) is 48.5 Å². The molecule has 24 heteroatoms. The molecule has 0 amide bonds. The van der Waals surface area contributed by atoms with Gasteiger partial charge in [0.15, 0.2) is 11.5 Å². The lowest BCUT2D eigenvalue weighted by Crippen LogP contribution is -2.17. The number of benzene rings is 6. The third kappa shape index (κ3) is 8.34. The Kier molecular flexibility index (Phi) is 10.3. The quantitative estimate of drug-likeness (QED) is 0.0344. The lowest BCUT2D eigenvalue weighted by Gasteiger charge is -2.15. The lowest BCUT2D eigenvalue weighted by atomic mass is 10.0. The summed E-state index contributed by atoms with van der Waals surface area (Å²) >= 11 is 0. The molecule has 0 aliphatic rings. The molecule has 6 aromatic carbocycles. The third-order valence-corrected chi connectivity index (χ3v) is 10.1. The van der Waals surface area contributed by atoms with Crippen molar-refractivity contribution in [1.82, 2.24) is 0 Å². The number of halogens is 6. The standard InChI is InChI=1S/C34H24F6N8O8S2/c35-33(36,37)55-23-13-15(9-11-21(23)45-47-29-25(41)17-5-1-3-7-19(17)31(27(29)43)57(49,50)51)16-10-12-22(24(14-16)56-34(38,39)40)46-48-30-26(42)18-6-2-4-8-20(18)32(28(30)44)58(52,53)54/h1-14H,41-44H2,(H,49,50,51)(H,52,53,54). The Morgan fingerprint density at radius 3 is 1.12 bits per heavy atom. The third-order valence-electron chi connectivity index (χ3n) is 8.17. The van der Waals surface area contributed by atoms with Gasteiger partial charge < -0.3 is 32.4 Å². The number of nitrogen functional groups attached to an aromatic ring is 4. The number of anilines is 4. The molecule has 0 saturated heterocycles. The van der Waals surface area contributed by atoms with Crippen LogP contribution < -0.4 is 32.4 Å². The van der Waals surface area contributed by atoms with Crippen LogP contribution in [0.2, 0.25) is 0 Å². The molecule has 0 bridgehead atoms. The fourth-order valence-electron chi connectivity index (χ4n) is 5.83. The molecule has 0 aliphatic heterocycles. The second kappa shape index (κ2) is 14.6. The van der Waals surface area contributed by atoms with Gasteiger partial charge in [-0.2, -0.15) is 16.8 Å². The maximum Gasteiger partial charge on any atom is 0.573 e.